The number of hydrogen-bond acceptors (Lipinski definition) is 2. The van der Waals surface area contributed by atoms with Crippen molar-refractivity contribution in [3.63, 3.8) is 0 Å². The van der Waals surface area contributed by atoms with E-state index in [9.17, 15) is 0 Å². The van der Waals surface area contributed by atoms with Crippen LogP contribution in [0.5, 0.6) is 11.5 Å². The van der Waals surface area contributed by atoms with Crippen molar-refractivity contribution in [1.29, 1.82) is 0 Å². The lowest BCUT2D eigenvalue weighted by Gasteiger charge is -2.13. The smallest absolute Gasteiger partial charge is 0.133 e. The summed E-state index contributed by atoms with van der Waals surface area (Å²) in [6, 6.07) is 11.7. The molecule has 0 amide bonds. The molecule has 4 heteroatoms. The number of rotatable bonds is 6. The lowest BCUT2D eigenvalue weighted by Crippen LogP contribution is -2.14. The predicted octanol–water partition coefficient (Wildman–Crippen LogP) is 5.70. The minimum Gasteiger partial charge on any atom is -0.457 e. The highest BCUT2D eigenvalue weighted by Crippen LogP contribution is 2.30. The minimum atomic E-state index is 0.679. The van der Waals surface area contributed by atoms with Gasteiger partial charge in [0.1, 0.15) is 11.5 Å². The maximum atomic E-state index is 6.09. The van der Waals surface area contributed by atoms with Gasteiger partial charge in [-0.05, 0) is 55.8 Å². The van der Waals surface area contributed by atoms with Gasteiger partial charge >= 0.3 is 0 Å². The zero-order valence-corrected chi connectivity index (χ0v) is 14.6. The fraction of sp³-hybridized carbons (Fsp3) is 0.294. The molecular formula is C17H19BrClNO. The first kappa shape index (κ1) is 16.3. The van der Waals surface area contributed by atoms with E-state index < -0.39 is 0 Å². The molecule has 0 aliphatic heterocycles. The number of hydrogen-bond donors (Lipinski definition) is 1. The van der Waals surface area contributed by atoms with E-state index in [1.165, 1.54) is 0 Å². The Labute approximate surface area is 139 Å². The quantitative estimate of drug-likeness (QED) is 0.660. The van der Waals surface area contributed by atoms with Crippen LogP contribution >= 0.6 is 27.5 Å². The molecule has 2 nitrogen and oxygen atoms in total. The summed E-state index contributed by atoms with van der Waals surface area (Å²) in [4.78, 5) is 0. The Hall–Kier alpha value is -1.03. The molecule has 0 aliphatic rings. The first-order valence-corrected chi connectivity index (χ1v) is 8.20. The molecule has 112 valence electrons. The second kappa shape index (κ2) is 7.83. The molecule has 0 radical (unpaired) electrons. The molecular weight excluding hydrogens is 350 g/mol. The summed E-state index contributed by atoms with van der Waals surface area (Å²) >= 11 is 9.59. The van der Waals surface area contributed by atoms with E-state index in [4.69, 9.17) is 16.3 Å². The molecule has 0 saturated heterocycles. The highest BCUT2D eigenvalue weighted by Gasteiger charge is 2.07. The first-order valence-electron chi connectivity index (χ1n) is 7.03. The van der Waals surface area contributed by atoms with Gasteiger partial charge in [0.2, 0.25) is 0 Å². The van der Waals surface area contributed by atoms with Crippen molar-refractivity contribution >= 4 is 27.5 Å². The van der Waals surface area contributed by atoms with E-state index in [1.54, 1.807) is 0 Å². The highest BCUT2D eigenvalue weighted by molar-refractivity contribution is 9.10. The van der Waals surface area contributed by atoms with Crippen molar-refractivity contribution in [2.45, 2.75) is 26.8 Å². The number of aryl methyl sites for hydroxylation is 1. The zero-order chi connectivity index (χ0) is 15.2. The molecule has 2 aromatic carbocycles. The fourth-order valence-electron chi connectivity index (χ4n) is 1.98. The monoisotopic (exact) mass is 367 g/mol. The maximum absolute atomic E-state index is 6.09. The summed E-state index contributed by atoms with van der Waals surface area (Å²) in [6.45, 7) is 5.95. The summed E-state index contributed by atoms with van der Waals surface area (Å²) in [5, 5.41) is 4.07. The number of benzene rings is 2. The van der Waals surface area contributed by atoms with E-state index in [-0.39, 0.29) is 0 Å². The lowest BCUT2D eigenvalue weighted by molar-refractivity contribution is 0.472. The van der Waals surface area contributed by atoms with Crippen LogP contribution in [0.25, 0.3) is 0 Å². The lowest BCUT2D eigenvalue weighted by atomic mass is 10.2. The molecule has 1 N–H and O–H groups in total. The molecule has 0 aliphatic carbocycles. The largest absolute Gasteiger partial charge is 0.457 e. The zero-order valence-electron chi connectivity index (χ0n) is 12.2. The maximum Gasteiger partial charge on any atom is 0.133 e. The van der Waals surface area contributed by atoms with Gasteiger partial charge in [-0.15, -0.1) is 0 Å². The van der Waals surface area contributed by atoms with Crippen molar-refractivity contribution in [3.8, 4) is 11.5 Å². The molecule has 0 atom stereocenters. The van der Waals surface area contributed by atoms with Crippen molar-refractivity contribution in [3.05, 3.63) is 57.0 Å². The summed E-state index contributed by atoms with van der Waals surface area (Å²) in [7, 11) is 0. The molecule has 0 bridgehead atoms. The molecule has 0 heterocycles. The Morgan fingerprint density at radius 2 is 2.00 bits per heavy atom. The van der Waals surface area contributed by atoms with Crippen LogP contribution in [0.3, 0.4) is 0 Å². The van der Waals surface area contributed by atoms with Crippen LogP contribution in [0.2, 0.25) is 5.02 Å². The number of nitrogens with one attached hydrogen (secondary N) is 1. The molecule has 0 aromatic heterocycles. The van der Waals surface area contributed by atoms with Crippen LogP contribution in [-0.4, -0.2) is 6.54 Å². The summed E-state index contributed by atoms with van der Waals surface area (Å²) in [6.07, 6.45) is 1.11. The summed E-state index contributed by atoms with van der Waals surface area (Å²) < 4.78 is 7.09. The number of ether oxygens (including phenoxy) is 1. The van der Waals surface area contributed by atoms with Crippen molar-refractivity contribution < 1.29 is 4.74 Å². The van der Waals surface area contributed by atoms with Gasteiger partial charge < -0.3 is 10.1 Å². The van der Waals surface area contributed by atoms with Crippen LogP contribution in [0, 0.1) is 6.92 Å². The Morgan fingerprint density at radius 3 is 2.71 bits per heavy atom. The topological polar surface area (TPSA) is 21.3 Å². The molecule has 0 unspecified atom stereocenters. The van der Waals surface area contributed by atoms with Crippen LogP contribution in [0.4, 0.5) is 0 Å². The second-order valence-electron chi connectivity index (χ2n) is 4.94. The molecule has 0 saturated carbocycles. The van der Waals surface area contributed by atoms with Gasteiger partial charge in [-0.2, -0.15) is 0 Å². The van der Waals surface area contributed by atoms with Crippen molar-refractivity contribution in [2.75, 3.05) is 6.54 Å². The third-order valence-corrected chi connectivity index (χ3v) is 4.25. The summed E-state index contributed by atoms with van der Waals surface area (Å²) in [5.41, 5.74) is 2.24. The normalized spacial score (nSPS) is 10.7. The van der Waals surface area contributed by atoms with Gasteiger partial charge in [-0.1, -0.05) is 40.5 Å². The second-order valence-corrected chi connectivity index (χ2v) is 6.23. The van der Waals surface area contributed by atoms with E-state index in [1.807, 2.05) is 43.3 Å². The Balaban J connectivity index is 2.20. The Morgan fingerprint density at radius 1 is 1.19 bits per heavy atom. The fourth-order valence-corrected chi connectivity index (χ4v) is 2.39. The van der Waals surface area contributed by atoms with Gasteiger partial charge in [0.15, 0.2) is 0 Å². The van der Waals surface area contributed by atoms with Crippen molar-refractivity contribution in [1.82, 2.24) is 5.32 Å². The van der Waals surface area contributed by atoms with Gasteiger partial charge in [-0.3, -0.25) is 0 Å². The van der Waals surface area contributed by atoms with Gasteiger partial charge in [0, 0.05) is 21.6 Å². The van der Waals surface area contributed by atoms with Crippen LogP contribution in [0.1, 0.15) is 24.5 Å². The van der Waals surface area contributed by atoms with E-state index >= 15 is 0 Å². The van der Waals surface area contributed by atoms with E-state index in [2.05, 4.69) is 28.2 Å². The number of halogens is 2. The molecule has 21 heavy (non-hydrogen) atoms. The average molecular weight is 369 g/mol. The van der Waals surface area contributed by atoms with Gasteiger partial charge in [0.25, 0.3) is 0 Å². The van der Waals surface area contributed by atoms with Crippen LogP contribution in [0.15, 0.2) is 40.9 Å². The summed E-state index contributed by atoms with van der Waals surface area (Å²) in [5.74, 6) is 1.61. The molecule has 0 fully saturated rings. The third kappa shape index (κ3) is 4.73. The molecule has 0 spiro atoms. The SMILES string of the molecule is CCCNCc1ccc(Cl)cc1Oc1ccc(Br)c(C)c1. The van der Waals surface area contributed by atoms with Crippen LogP contribution < -0.4 is 10.1 Å². The third-order valence-electron chi connectivity index (χ3n) is 3.13. The van der Waals surface area contributed by atoms with E-state index in [0.717, 1.165) is 46.6 Å². The highest BCUT2D eigenvalue weighted by atomic mass is 79.9. The van der Waals surface area contributed by atoms with Crippen LogP contribution in [-0.2, 0) is 6.54 Å². The minimum absolute atomic E-state index is 0.679. The van der Waals surface area contributed by atoms with Gasteiger partial charge in [0.05, 0.1) is 0 Å². The molecule has 2 aromatic rings. The van der Waals surface area contributed by atoms with E-state index in [0.29, 0.717) is 5.02 Å². The predicted molar refractivity (Wildman–Crippen MR) is 92.4 cm³/mol. The standard InChI is InChI=1S/C17H19BrClNO/c1-3-8-20-11-13-4-5-14(19)10-17(13)21-15-6-7-16(18)12(2)9-15/h4-7,9-10,20H,3,8,11H2,1-2H3. The molecule has 2 rings (SSSR count). The Bertz CT molecular complexity index is 616. The first-order chi connectivity index (χ1) is 10.1. The van der Waals surface area contributed by atoms with Crippen molar-refractivity contribution in [2.24, 2.45) is 0 Å². The van der Waals surface area contributed by atoms with Gasteiger partial charge in [-0.25, -0.2) is 0 Å². The Kier molecular flexibility index (Phi) is 6.09. The average Bonchev–Trinajstić information content (AvgIpc) is 2.45.